The zero-order chi connectivity index (χ0) is 14.6. The first-order chi connectivity index (χ1) is 9.59. The van der Waals surface area contributed by atoms with Crippen molar-refractivity contribution in [3.05, 3.63) is 0 Å². The van der Waals surface area contributed by atoms with Crippen molar-refractivity contribution in [2.75, 3.05) is 19.6 Å². The molecule has 2 fully saturated rings. The molecule has 0 radical (unpaired) electrons. The molecule has 0 amide bonds. The number of rotatable bonds is 4. The molecule has 20 heavy (non-hydrogen) atoms. The number of nitrogens with zero attached hydrogens (tertiary/aromatic N) is 1. The molecule has 0 bridgehead atoms. The van der Waals surface area contributed by atoms with E-state index in [2.05, 4.69) is 37.4 Å². The van der Waals surface area contributed by atoms with Gasteiger partial charge in [0, 0.05) is 35.7 Å². The van der Waals surface area contributed by atoms with E-state index in [1.165, 1.54) is 58.0 Å². The van der Waals surface area contributed by atoms with Crippen LogP contribution >= 0.6 is 11.8 Å². The van der Waals surface area contributed by atoms with E-state index in [0.29, 0.717) is 5.54 Å². The zero-order valence-corrected chi connectivity index (χ0v) is 14.6. The molecule has 2 rings (SSSR count). The lowest BCUT2D eigenvalue weighted by atomic mass is 9.86. The summed E-state index contributed by atoms with van der Waals surface area (Å²) in [5, 5.41) is 1.52. The van der Waals surface area contributed by atoms with Gasteiger partial charge < -0.3 is 5.73 Å². The normalized spacial score (nSPS) is 40.5. The van der Waals surface area contributed by atoms with Gasteiger partial charge in [-0.2, -0.15) is 11.8 Å². The van der Waals surface area contributed by atoms with Crippen LogP contribution in [0.15, 0.2) is 0 Å². The molecule has 4 unspecified atom stereocenters. The lowest BCUT2D eigenvalue weighted by Crippen LogP contribution is -2.58. The van der Waals surface area contributed by atoms with Gasteiger partial charge in [-0.1, -0.05) is 46.5 Å². The molecule has 0 aromatic rings. The highest BCUT2D eigenvalue weighted by Crippen LogP contribution is 2.39. The Morgan fingerprint density at radius 1 is 1.15 bits per heavy atom. The van der Waals surface area contributed by atoms with Gasteiger partial charge in [-0.15, -0.1) is 0 Å². The van der Waals surface area contributed by atoms with Gasteiger partial charge >= 0.3 is 0 Å². The van der Waals surface area contributed by atoms with Crippen molar-refractivity contribution in [2.24, 2.45) is 11.7 Å². The van der Waals surface area contributed by atoms with Gasteiger partial charge in [-0.05, 0) is 25.2 Å². The topological polar surface area (TPSA) is 29.3 Å². The highest BCUT2D eigenvalue weighted by molar-refractivity contribution is 8.00. The molecular formula is C17H34N2S. The van der Waals surface area contributed by atoms with Gasteiger partial charge in [0.15, 0.2) is 0 Å². The van der Waals surface area contributed by atoms with Crippen LogP contribution < -0.4 is 5.73 Å². The average molecular weight is 299 g/mol. The second-order valence-corrected chi connectivity index (χ2v) is 9.06. The Balaban J connectivity index is 2.04. The standard InChI is InChI=1S/C17H34N2S/c1-4-6-16-7-5-9-17(13-18,10-8-16)19-11-14(2)20-15(3)12-19/h14-16H,4-13,18H2,1-3H3. The van der Waals surface area contributed by atoms with Crippen molar-refractivity contribution in [1.29, 1.82) is 0 Å². The molecule has 3 heteroatoms. The number of thioether (sulfide) groups is 1. The molecule has 1 saturated heterocycles. The molecule has 0 aromatic heterocycles. The van der Waals surface area contributed by atoms with Crippen LogP contribution in [0.3, 0.4) is 0 Å². The van der Waals surface area contributed by atoms with E-state index >= 15 is 0 Å². The summed E-state index contributed by atoms with van der Waals surface area (Å²) in [7, 11) is 0. The minimum absolute atomic E-state index is 0.311. The number of hydrogen-bond acceptors (Lipinski definition) is 3. The van der Waals surface area contributed by atoms with Gasteiger partial charge in [0.25, 0.3) is 0 Å². The van der Waals surface area contributed by atoms with Gasteiger partial charge in [-0.3, -0.25) is 4.90 Å². The van der Waals surface area contributed by atoms with Gasteiger partial charge in [0.1, 0.15) is 0 Å². The first-order valence-electron chi connectivity index (χ1n) is 8.70. The first-order valence-corrected chi connectivity index (χ1v) is 9.64. The van der Waals surface area contributed by atoms with E-state index in [-0.39, 0.29) is 0 Å². The summed E-state index contributed by atoms with van der Waals surface area (Å²) in [6.45, 7) is 10.4. The third-order valence-electron chi connectivity index (χ3n) is 5.44. The molecule has 1 saturated carbocycles. The van der Waals surface area contributed by atoms with Crippen LogP contribution in [0, 0.1) is 5.92 Å². The maximum Gasteiger partial charge on any atom is 0.0332 e. The maximum absolute atomic E-state index is 6.30. The van der Waals surface area contributed by atoms with E-state index < -0.39 is 0 Å². The van der Waals surface area contributed by atoms with Crippen LogP contribution in [0.25, 0.3) is 0 Å². The molecular weight excluding hydrogens is 264 g/mol. The van der Waals surface area contributed by atoms with Crippen molar-refractivity contribution >= 4 is 11.8 Å². The molecule has 118 valence electrons. The summed E-state index contributed by atoms with van der Waals surface area (Å²) in [5.74, 6) is 0.961. The molecule has 2 N–H and O–H groups in total. The van der Waals surface area contributed by atoms with Crippen molar-refractivity contribution < 1.29 is 0 Å². The summed E-state index contributed by atoms with van der Waals surface area (Å²) in [6, 6.07) is 0. The Labute approximate surface area is 130 Å². The zero-order valence-electron chi connectivity index (χ0n) is 13.7. The monoisotopic (exact) mass is 298 g/mol. The predicted molar refractivity (Wildman–Crippen MR) is 91.4 cm³/mol. The van der Waals surface area contributed by atoms with Crippen molar-refractivity contribution in [3.8, 4) is 0 Å². The molecule has 0 spiro atoms. The van der Waals surface area contributed by atoms with Crippen molar-refractivity contribution in [3.63, 3.8) is 0 Å². The molecule has 0 aromatic carbocycles. The number of hydrogen-bond donors (Lipinski definition) is 1. The van der Waals surface area contributed by atoms with E-state index in [4.69, 9.17) is 5.73 Å². The van der Waals surface area contributed by atoms with Gasteiger partial charge in [0.05, 0.1) is 0 Å². The highest BCUT2D eigenvalue weighted by Gasteiger charge is 2.40. The van der Waals surface area contributed by atoms with Crippen molar-refractivity contribution in [1.82, 2.24) is 4.90 Å². The fraction of sp³-hybridized carbons (Fsp3) is 1.00. The fourth-order valence-corrected chi connectivity index (χ4v) is 5.70. The molecule has 1 aliphatic carbocycles. The Morgan fingerprint density at radius 3 is 2.45 bits per heavy atom. The molecule has 4 atom stereocenters. The Kier molecular flexibility index (Phi) is 6.25. The van der Waals surface area contributed by atoms with Crippen LogP contribution in [0.1, 0.15) is 65.7 Å². The second kappa shape index (κ2) is 7.51. The lowest BCUT2D eigenvalue weighted by Gasteiger charge is -2.48. The molecule has 1 aliphatic heterocycles. The summed E-state index contributed by atoms with van der Waals surface area (Å²) < 4.78 is 0. The average Bonchev–Trinajstić information content (AvgIpc) is 2.61. The van der Waals surface area contributed by atoms with Crippen LogP contribution in [-0.4, -0.2) is 40.6 Å². The van der Waals surface area contributed by atoms with E-state index in [1.807, 2.05) is 0 Å². The second-order valence-electron chi connectivity index (χ2n) is 7.18. The SMILES string of the molecule is CCCC1CCCC(CN)(N2CC(C)SC(C)C2)CC1. The Morgan fingerprint density at radius 2 is 1.85 bits per heavy atom. The lowest BCUT2D eigenvalue weighted by molar-refractivity contribution is 0.0750. The maximum atomic E-state index is 6.30. The molecule has 2 nitrogen and oxygen atoms in total. The largest absolute Gasteiger partial charge is 0.329 e. The Hall–Kier alpha value is 0.270. The third-order valence-corrected chi connectivity index (χ3v) is 6.67. The van der Waals surface area contributed by atoms with Crippen LogP contribution in [0.4, 0.5) is 0 Å². The number of nitrogens with two attached hydrogens (primary N) is 1. The van der Waals surface area contributed by atoms with Crippen LogP contribution in [0.5, 0.6) is 0 Å². The quantitative estimate of drug-likeness (QED) is 0.798. The predicted octanol–water partition coefficient (Wildman–Crippen LogP) is 3.89. The fourth-order valence-electron chi connectivity index (χ4n) is 4.37. The minimum Gasteiger partial charge on any atom is -0.329 e. The third kappa shape index (κ3) is 3.92. The van der Waals surface area contributed by atoms with Crippen molar-refractivity contribution in [2.45, 2.75) is 81.8 Å². The molecule has 1 heterocycles. The molecule has 2 aliphatic rings. The minimum atomic E-state index is 0.311. The summed E-state index contributed by atoms with van der Waals surface area (Å²) in [5.41, 5.74) is 6.61. The van der Waals surface area contributed by atoms with E-state index in [0.717, 1.165) is 23.0 Å². The highest BCUT2D eigenvalue weighted by atomic mass is 32.2. The van der Waals surface area contributed by atoms with Crippen LogP contribution in [-0.2, 0) is 0 Å². The van der Waals surface area contributed by atoms with Gasteiger partial charge in [0.2, 0.25) is 0 Å². The van der Waals surface area contributed by atoms with E-state index in [9.17, 15) is 0 Å². The first kappa shape index (κ1) is 16.6. The summed E-state index contributed by atoms with van der Waals surface area (Å²) >= 11 is 2.15. The van der Waals surface area contributed by atoms with Gasteiger partial charge in [-0.25, -0.2) is 0 Å². The smallest absolute Gasteiger partial charge is 0.0332 e. The summed E-state index contributed by atoms with van der Waals surface area (Å²) in [4.78, 5) is 2.77. The Bertz CT molecular complexity index is 287. The van der Waals surface area contributed by atoms with Crippen LogP contribution in [0.2, 0.25) is 0 Å². The van der Waals surface area contributed by atoms with E-state index in [1.54, 1.807) is 0 Å². The summed E-state index contributed by atoms with van der Waals surface area (Å²) in [6.07, 6.45) is 9.64.